The molecular weight excluding hydrogens is 387 g/mol. The van der Waals surface area contributed by atoms with Crippen LogP contribution in [0.15, 0.2) is 42.5 Å². The van der Waals surface area contributed by atoms with Crippen molar-refractivity contribution in [3.05, 3.63) is 63.1 Å². The maximum atomic E-state index is 12.1. The number of carbonyl (C=O) groups is 2. The zero-order valence-corrected chi connectivity index (χ0v) is 15.1. The van der Waals surface area contributed by atoms with E-state index in [1.807, 2.05) is 0 Å². The normalized spacial score (nSPS) is 16.7. The molecule has 1 N–H and O–H groups in total. The molecule has 3 rings (SSSR count). The molecule has 0 aliphatic carbocycles. The average molecular weight is 400 g/mol. The van der Waals surface area contributed by atoms with Crippen molar-refractivity contribution in [2.75, 3.05) is 18.0 Å². The molecule has 0 aromatic heterocycles. The number of benzene rings is 2. The molecule has 0 bridgehead atoms. The van der Waals surface area contributed by atoms with E-state index < -0.39 is 12.2 Å². The molecule has 2 aromatic rings. The lowest BCUT2D eigenvalue weighted by molar-refractivity contribution is 0.0916. The van der Waals surface area contributed by atoms with Gasteiger partial charge in [0.05, 0.1) is 23.1 Å². The number of nitrogens with one attached hydrogen (secondary N) is 1. The van der Waals surface area contributed by atoms with E-state index in [4.69, 9.17) is 39.5 Å². The second kappa shape index (κ2) is 7.52. The van der Waals surface area contributed by atoms with Gasteiger partial charge in [-0.15, -0.1) is 0 Å². The van der Waals surface area contributed by atoms with Gasteiger partial charge in [0.1, 0.15) is 6.10 Å². The first-order valence-corrected chi connectivity index (χ1v) is 8.54. The van der Waals surface area contributed by atoms with Crippen LogP contribution < -0.4 is 10.2 Å². The Kier molecular flexibility index (Phi) is 5.37. The fraction of sp³-hybridized carbons (Fsp3) is 0.176. The molecule has 1 atom stereocenters. The third-order valence-corrected chi connectivity index (χ3v) is 4.64. The van der Waals surface area contributed by atoms with Gasteiger partial charge in [-0.25, -0.2) is 4.79 Å². The Bertz CT molecular complexity index is 829. The van der Waals surface area contributed by atoms with Gasteiger partial charge in [-0.05, 0) is 36.4 Å². The molecule has 1 heterocycles. The summed E-state index contributed by atoms with van der Waals surface area (Å²) in [6.45, 7) is 0.488. The molecule has 0 spiro atoms. The maximum Gasteiger partial charge on any atom is 0.414 e. The lowest BCUT2D eigenvalue weighted by Gasteiger charge is -2.14. The summed E-state index contributed by atoms with van der Waals surface area (Å²) in [5.41, 5.74) is 1.03. The zero-order valence-electron chi connectivity index (χ0n) is 12.8. The standard InChI is InChI=1S/C17H13Cl3N2O3/c18-11-3-1-2-10(6-11)16(23)21-8-13-9-22(17(24)25-13)12-4-5-14(19)15(20)7-12/h1-7,13H,8-9H2,(H,21,23). The second-order valence-corrected chi connectivity index (χ2v) is 6.69. The highest BCUT2D eigenvalue weighted by Crippen LogP contribution is 2.29. The number of ether oxygens (including phenoxy) is 1. The summed E-state index contributed by atoms with van der Waals surface area (Å²) in [6.07, 6.45) is -0.967. The van der Waals surface area contributed by atoms with E-state index in [2.05, 4.69) is 5.32 Å². The Hall–Kier alpha value is -1.95. The minimum Gasteiger partial charge on any atom is -0.442 e. The predicted molar refractivity (Wildman–Crippen MR) is 97.9 cm³/mol. The van der Waals surface area contributed by atoms with Gasteiger partial charge in [0.25, 0.3) is 5.91 Å². The average Bonchev–Trinajstić information content (AvgIpc) is 2.96. The summed E-state index contributed by atoms with van der Waals surface area (Å²) in [5.74, 6) is -0.286. The molecule has 130 valence electrons. The molecule has 1 fully saturated rings. The van der Waals surface area contributed by atoms with Gasteiger partial charge < -0.3 is 10.1 Å². The number of amides is 2. The Morgan fingerprint density at radius 2 is 1.96 bits per heavy atom. The maximum absolute atomic E-state index is 12.1. The molecule has 25 heavy (non-hydrogen) atoms. The summed E-state index contributed by atoms with van der Waals surface area (Å²) in [5, 5.41) is 3.97. The smallest absolute Gasteiger partial charge is 0.414 e. The Labute approximate surface area is 159 Å². The predicted octanol–water partition coefficient (Wildman–Crippen LogP) is 4.40. The molecule has 8 heteroatoms. The Morgan fingerprint density at radius 3 is 2.68 bits per heavy atom. The van der Waals surface area contributed by atoms with Crippen molar-refractivity contribution in [3.63, 3.8) is 0 Å². The molecule has 1 aliphatic rings. The first kappa shape index (κ1) is 17.9. The van der Waals surface area contributed by atoms with Crippen molar-refractivity contribution in [2.45, 2.75) is 6.10 Å². The lowest BCUT2D eigenvalue weighted by Crippen LogP contribution is -2.34. The van der Waals surface area contributed by atoms with Gasteiger partial charge in [-0.1, -0.05) is 40.9 Å². The van der Waals surface area contributed by atoms with Crippen LogP contribution in [0.3, 0.4) is 0 Å². The van der Waals surface area contributed by atoms with Crippen LogP contribution in [0, 0.1) is 0 Å². The summed E-state index contributed by atoms with van der Waals surface area (Å²) in [6, 6.07) is 11.5. The van der Waals surface area contributed by atoms with Crippen LogP contribution >= 0.6 is 34.8 Å². The van der Waals surface area contributed by atoms with Crippen LogP contribution in [0.1, 0.15) is 10.4 Å². The molecule has 1 aliphatic heterocycles. The molecule has 0 radical (unpaired) electrons. The largest absolute Gasteiger partial charge is 0.442 e. The SMILES string of the molecule is O=C(NCC1CN(c2ccc(Cl)c(Cl)c2)C(=O)O1)c1cccc(Cl)c1. The highest BCUT2D eigenvalue weighted by Gasteiger charge is 2.32. The van der Waals surface area contributed by atoms with E-state index in [1.165, 1.54) is 4.90 Å². The number of nitrogens with zero attached hydrogens (tertiary/aromatic N) is 1. The van der Waals surface area contributed by atoms with Crippen molar-refractivity contribution in [1.82, 2.24) is 5.32 Å². The minimum absolute atomic E-state index is 0.189. The van der Waals surface area contributed by atoms with Crippen LogP contribution in [0.5, 0.6) is 0 Å². The molecule has 1 saturated heterocycles. The zero-order chi connectivity index (χ0) is 18.0. The number of hydrogen-bond acceptors (Lipinski definition) is 3. The van der Waals surface area contributed by atoms with Crippen molar-refractivity contribution in [1.29, 1.82) is 0 Å². The van der Waals surface area contributed by atoms with Crippen LogP contribution in [-0.2, 0) is 4.74 Å². The number of halogens is 3. The Balaban J connectivity index is 1.61. The fourth-order valence-electron chi connectivity index (χ4n) is 2.43. The van der Waals surface area contributed by atoms with Crippen LogP contribution in [-0.4, -0.2) is 31.2 Å². The van der Waals surface area contributed by atoms with Gasteiger partial charge in [-0.3, -0.25) is 9.69 Å². The molecule has 1 unspecified atom stereocenters. The number of hydrogen-bond donors (Lipinski definition) is 1. The van der Waals surface area contributed by atoms with Crippen LogP contribution in [0.4, 0.5) is 10.5 Å². The van der Waals surface area contributed by atoms with E-state index >= 15 is 0 Å². The Morgan fingerprint density at radius 1 is 1.16 bits per heavy atom. The van der Waals surface area contributed by atoms with Gasteiger partial charge >= 0.3 is 6.09 Å². The monoisotopic (exact) mass is 398 g/mol. The molecule has 0 saturated carbocycles. The van der Waals surface area contributed by atoms with E-state index in [-0.39, 0.29) is 12.5 Å². The number of cyclic esters (lactones) is 1. The van der Waals surface area contributed by atoms with Crippen molar-refractivity contribution < 1.29 is 14.3 Å². The molecule has 5 nitrogen and oxygen atoms in total. The summed E-state index contributed by atoms with van der Waals surface area (Å²) in [7, 11) is 0. The van der Waals surface area contributed by atoms with E-state index in [0.717, 1.165) is 0 Å². The lowest BCUT2D eigenvalue weighted by atomic mass is 10.2. The molecule has 2 amide bonds. The summed E-state index contributed by atoms with van der Waals surface area (Å²) < 4.78 is 5.28. The minimum atomic E-state index is -0.500. The van der Waals surface area contributed by atoms with Crippen molar-refractivity contribution in [3.8, 4) is 0 Å². The number of rotatable bonds is 4. The third kappa shape index (κ3) is 4.18. The topological polar surface area (TPSA) is 58.6 Å². The fourth-order valence-corrected chi connectivity index (χ4v) is 2.91. The van der Waals surface area contributed by atoms with Crippen molar-refractivity contribution >= 4 is 52.5 Å². The number of carbonyl (C=O) groups excluding carboxylic acids is 2. The molecular formula is C17H13Cl3N2O3. The van der Waals surface area contributed by atoms with Crippen LogP contribution in [0.25, 0.3) is 0 Å². The van der Waals surface area contributed by atoms with Gasteiger partial charge in [0.15, 0.2) is 0 Å². The first-order chi connectivity index (χ1) is 11.9. The highest BCUT2D eigenvalue weighted by atomic mass is 35.5. The quantitative estimate of drug-likeness (QED) is 0.829. The van der Waals surface area contributed by atoms with Crippen molar-refractivity contribution in [2.24, 2.45) is 0 Å². The summed E-state index contributed by atoms with van der Waals surface area (Å²) in [4.78, 5) is 25.6. The first-order valence-electron chi connectivity index (χ1n) is 7.41. The van der Waals surface area contributed by atoms with Gasteiger partial charge in [-0.2, -0.15) is 0 Å². The van der Waals surface area contributed by atoms with Gasteiger partial charge in [0.2, 0.25) is 0 Å². The van der Waals surface area contributed by atoms with Crippen LogP contribution in [0.2, 0.25) is 15.1 Å². The number of anilines is 1. The van der Waals surface area contributed by atoms with E-state index in [0.29, 0.717) is 32.9 Å². The third-order valence-electron chi connectivity index (χ3n) is 3.67. The van der Waals surface area contributed by atoms with E-state index in [1.54, 1.807) is 42.5 Å². The molecule has 2 aromatic carbocycles. The second-order valence-electron chi connectivity index (χ2n) is 5.44. The van der Waals surface area contributed by atoms with E-state index in [9.17, 15) is 9.59 Å². The summed E-state index contributed by atoms with van der Waals surface area (Å²) >= 11 is 17.7. The van der Waals surface area contributed by atoms with Gasteiger partial charge in [0, 0.05) is 16.3 Å². The highest BCUT2D eigenvalue weighted by molar-refractivity contribution is 6.42.